The maximum Gasteiger partial charge on any atom is 0.0312 e. The molecule has 3 N–H and O–H groups in total. The molecule has 0 saturated carbocycles. The summed E-state index contributed by atoms with van der Waals surface area (Å²) in [5, 5.41) is 3.14. The van der Waals surface area contributed by atoms with Gasteiger partial charge < -0.3 is 11.1 Å². The van der Waals surface area contributed by atoms with Crippen molar-refractivity contribution in [2.45, 2.75) is 33.2 Å². The van der Waals surface area contributed by atoms with Gasteiger partial charge in [-0.2, -0.15) is 0 Å². The van der Waals surface area contributed by atoms with Crippen molar-refractivity contribution in [1.82, 2.24) is 5.32 Å². The van der Waals surface area contributed by atoms with Crippen LogP contribution in [0.2, 0.25) is 0 Å². The molecule has 1 aromatic rings. The molecule has 1 rings (SSSR count). The number of aryl methyl sites for hydroxylation is 3. The van der Waals surface area contributed by atoms with Gasteiger partial charge in [0.15, 0.2) is 0 Å². The molecule has 2 heteroatoms. The van der Waals surface area contributed by atoms with Crippen LogP contribution < -0.4 is 11.1 Å². The molecule has 0 aliphatic rings. The average Bonchev–Trinajstić information content (AvgIpc) is 2.12. The Hall–Kier alpha value is -0.860. The lowest BCUT2D eigenvalue weighted by molar-refractivity contribution is 0.610. The van der Waals surface area contributed by atoms with Crippen LogP contribution in [0.25, 0.3) is 0 Å². The van der Waals surface area contributed by atoms with E-state index in [0.29, 0.717) is 0 Å². The van der Waals surface area contributed by atoms with Crippen molar-refractivity contribution in [3.8, 4) is 0 Å². The second-order valence-corrected chi connectivity index (χ2v) is 4.31. The number of hydrogen-bond donors (Lipinski definition) is 2. The van der Waals surface area contributed by atoms with E-state index in [1.807, 2.05) is 7.05 Å². The SMILES string of the molecule is CNCCC(N)c1c(C)cc(C)cc1C. The first kappa shape index (κ1) is 12.2. The van der Waals surface area contributed by atoms with E-state index < -0.39 is 0 Å². The molecule has 15 heavy (non-hydrogen) atoms. The van der Waals surface area contributed by atoms with Gasteiger partial charge in [-0.1, -0.05) is 17.7 Å². The molecule has 0 aliphatic heterocycles. The van der Waals surface area contributed by atoms with Crippen LogP contribution in [-0.2, 0) is 0 Å². The van der Waals surface area contributed by atoms with Gasteiger partial charge in [0.2, 0.25) is 0 Å². The molecule has 2 nitrogen and oxygen atoms in total. The van der Waals surface area contributed by atoms with Crippen LogP contribution in [0.3, 0.4) is 0 Å². The molecule has 0 aliphatic carbocycles. The summed E-state index contributed by atoms with van der Waals surface area (Å²) in [6.45, 7) is 7.39. The number of benzene rings is 1. The highest BCUT2D eigenvalue weighted by Gasteiger charge is 2.11. The molecule has 0 aromatic heterocycles. The summed E-state index contributed by atoms with van der Waals surface area (Å²) in [5.74, 6) is 0. The van der Waals surface area contributed by atoms with Gasteiger partial charge in [0, 0.05) is 6.04 Å². The first-order valence-corrected chi connectivity index (χ1v) is 5.54. The van der Waals surface area contributed by atoms with Crippen molar-refractivity contribution < 1.29 is 0 Å². The zero-order chi connectivity index (χ0) is 11.4. The molecule has 0 spiro atoms. The van der Waals surface area contributed by atoms with E-state index in [1.165, 1.54) is 22.3 Å². The van der Waals surface area contributed by atoms with Crippen molar-refractivity contribution in [3.63, 3.8) is 0 Å². The summed E-state index contributed by atoms with van der Waals surface area (Å²) in [7, 11) is 1.96. The Kier molecular flexibility index (Phi) is 4.30. The van der Waals surface area contributed by atoms with Gasteiger partial charge in [-0.05, 0) is 57.5 Å². The number of hydrogen-bond acceptors (Lipinski definition) is 2. The fourth-order valence-corrected chi connectivity index (χ4v) is 2.22. The highest BCUT2D eigenvalue weighted by atomic mass is 14.8. The van der Waals surface area contributed by atoms with E-state index in [9.17, 15) is 0 Å². The van der Waals surface area contributed by atoms with Crippen LogP contribution in [-0.4, -0.2) is 13.6 Å². The predicted octanol–water partition coefficient (Wildman–Crippen LogP) is 2.22. The number of nitrogens with one attached hydrogen (secondary N) is 1. The zero-order valence-corrected chi connectivity index (χ0v) is 10.2. The molecule has 0 fully saturated rings. The summed E-state index contributed by atoms with van der Waals surface area (Å²) in [5.41, 5.74) is 11.5. The van der Waals surface area contributed by atoms with Gasteiger partial charge in [0.25, 0.3) is 0 Å². The molecular weight excluding hydrogens is 184 g/mol. The van der Waals surface area contributed by atoms with Crippen LogP contribution >= 0.6 is 0 Å². The molecule has 0 radical (unpaired) electrons. The van der Waals surface area contributed by atoms with Crippen molar-refractivity contribution in [2.24, 2.45) is 5.73 Å². The van der Waals surface area contributed by atoms with E-state index >= 15 is 0 Å². The van der Waals surface area contributed by atoms with Crippen molar-refractivity contribution >= 4 is 0 Å². The van der Waals surface area contributed by atoms with Gasteiger partial charge in [0.05, 0.1) is 0 Å². The molecule has 1 unspecified atom stereocenters. The third-order valence-electron chi connectivity index (χ3n) is 2.81. The second-order valence-electron chi connectivity index (χ2n) is 4.31. The van der Waals surface area contributed by atoms with Crippen LogP contribution in [0, 0.1) is 20.8 Å². The largest absolute Gasteiger partial charge is 0.324 e. The quantitative estimate of drug-likeness (QED) is 0.792. The summed E-state index contributed by atoms with van der Waals surface area (Å²) in [6.07, 6.45) is 0.987. The number of nitrogens with two attached hydrogens (primary N) is 1. The Morgan fingerprint density at radius 1 is 1.20 bits per heavy atom. The van der Waals surface area contributed by atoms with Gasteiger partial charge >= 0.3 is 0 Å². The third kappa shape index (κ3) is 3.05. The lowest BCUT2D eigenvalue weighted by atomic mass is 9.93. The third-order valence-corrected chi connectivity index (χ3v) is 2.81. The highest BCUT2D eigenvalue weighted by Crippen LogP contribution is 2.23. The van der Waals surface area contributed by atoms with Gasteiger partial charge in [-0.3, -0.25) is 0 Å². The molecular formula is C13H22N2. The molecule has 0 saturated heterocycles. The van der Waals surface area contributed by atoms with Crippen LogP contribution in [0.15, 0.2) is 12.1 Å². The molecule has 1 aromatic carbocycles. The van der Waals surface area contributed by atoms with E-state index in [-0.39, 0.29) is 6.04 Å². The molecule has 0 amide bonds. The fourth-order valence-electron chi connectivity index (χ4n) is 2.22. The van der Waals surface area contributed by atoms with E-state index in [4.69, 9.17) is 5.73 Å². The Morgan fingerprint density at radius 2 is 1.73 bits per heavy atom. The fraction of sp³-hybridized carbons (Fsp3) is 0.538. The first-order chi connectivity index (χ1) is 7.06. The van der Waals surface area contributed by atoms with Crippen LogP contribution in [0.1, 0.15) is 34.7 Å². The van der Waals surface area contributed by atoms with Gasteiger partial charge in [-0.15, -0.1) is 0 Å². The summed E-state index contributed by atoms with van der Waals surface area (Å²) < 4.78 is 0. The molecule has 1 atom stereocenters. The minimum atomic E-state index is 0.151. The van der Waals surface area contributed by atoms with E-state index in [1.54, 1.807) is 0 Å². The highest BCUT2D eigenvalue weighted by molar-refractivity contribution is 5.39. The average molecular weight is 206 g/mol. The summed E-state index contributed by atoms with van der Waals surface area (Å²) in [4.78, 5) is 0. The lowest BCUT2D eigenvalue weighted by Crippen LogP contribution is -2.19. The molecule has 0 bridgehead atoms. The Labute approximate surface area is 92.9 Å². The van der Waals surface area contributed by atoms with E-state index in [2.05, 4.69) is 38.2 Å². The second kappa shape index (κ2) is 5.29. The minimum Gasteiger partial charge on any atom is -0.324 e. The lowest BCUT2D eigenvalue weighted by Gasteiger charge is -2.18. The van der Waals surface area contributed by atoms with Gasteiger partial charge in [0.1, 0.15) is 0 Å². The van der Waals surface area contributed by atoms with Crippen LogP contribution in [0.4, 0.5) is 0 Å². The summed E-state index contributed by atoms with van der Waals surface area (Å²) in [6, 6.07) is 4.57. The number of rotatable bonds is 4. The van der Waals surface area contributed by atoms with Crippen LogP contribution in [0.5, 0.6) is 0 Å². The summed E-state index contributed by atoms with van der Waals surface area (Å²) >= 11 is 0. The zero-order valence-electron chi connectivity index (χ0n) is 10.2. The Bertz CT molecular complexity index is 308. The topological polar surface area (TPSA) is 38.0 Å². The smallest absolute Gasteiger partial charge is 0.0312 e. The molecule has 84 valence electrons. The monoisotopic (exact) mass is 206 g/mol. The van der Waals surface area contributed by atoms with Crippen molar-refractivity contribution in [1.29, 1.82) is 0 Å². The van der Waals surface area contributed by atoms with E-state index in [0.717, 1.165) is 13.0 Å². The first-order valence-electron chi connectivity index (χ1n) is 5.54. The maximum atomic E-state index is 6.19. The van der Waals surface area contributed by atoms with Crippen molar-refractivity contribution in [3.05, 3.63) is 34.4 Å². The maximum absolute atomic E-state index is 6.19. The normalized spacial score (nSPS) is 12.9. The molecule has 0 heterocycles. The standard InChI is InChI=1S/C13H22N2/c1-9-7-10(2)13(11(3)8-9)12(14)5-6-15-4/h7-8,12,15H,5-6,14H2,1-4H3. The minimum absolute atomic E-state index is 0.151. The van der Waals surface area contributed by atoms with Crippen molar-refractivity contribution in [2.75, 3.05) is 13.6 Å². The van der Waals surface area contributed by atoms with Gasteiger partial charge in [-0.25, -0.2) is 0 Å². The Balaban J connectivity index is 2.92. The Morgan fingerprint density at radius 3 is 2.20 bits per heavy atom. The predicted molar refractivity (Wildman–Crippen MR) is 66.1 cm³/mol.